The second-order valence-corrected chi connectivity index (χ2v) is 10.6. The molecule has 0 bridgehead atoms. The smallest absolute Gasteiger partial charge is 0.321 e. The fourth-order valence-corrected chi connectivity index (χ4v) is 7.99. The van der Waals surface area contributed by atoms with Crippen molar-refractivity contribution < 1.29 is 19.1 Å². The number of halogens is 1. The second kappa shape index (κ2) is 6.06. The van der Waals surface area contributed by atoms with Crippen LogP contribution in [-0.2, 0) is 19.1 Å². The number of fused-ring (bicyclic) bond motifs is 7. The average molecular weight is 417 g/mol. The number of ether oxygens (including phenoxy) is 1. The number of allylic oxidation sites excluding steroid dienone is 4. The molecular weight excluding hydrogens is 388 g/mol. The van der Waals surface area contributed by atoms with Crippen LogP contribution in [0, 0.1) is 40.4 Å². The van der Waals surface area contributed by atoms with E-state index in [-0.39, 0.29) is 34.3 Å². The van der Waals surface area contributed by atoms with Crippen LogP contribution in [0.4, 0.5) is 0 Å². The molecule has 0 saturated heterocycles. The number of rotatable bonds is 3. The van der Waals surface area contributed by atoms with E-state index in [1.807, 2.05) is 6.08 Å². The van der Waals surface area contributed by atoms with E-state index < -0.39 is 11.6 Å². The molecule has 0 radical (unpaired) electrons. The summed E-state index contributed by atoms with van der Waals surface area (Å²) in [6.45, 7) is 6.07. The van der Waals surface area contributed by atoms with Crippen LogP contribution in [0.15, 0.2) is 23.8 Å². The van der Waals surface area contributed by atoms with Crippen LogP contribution in [0.5, 0.6) is 0 Å². The highest BCUT2D eigenvalue weighted by atomic mass is 35.5. The SMILES string of the molecule is CC(=O)[C@@]1(OC(=O)CCl)CC[C@H]2[C@@H]3C=CC4=CC(=O)[C@@H]5C[C@@H]5[C@]4(C)[C@H]3CC[C@@]21C. The van der Waals surface area contributed by atoms with Crippen molar-refractivity contribution in [3.8, 4) is 0 Å². The monoisotopic (exact) mass is 416 g/mol. The van der Waals surface area contributed by atoms with Gasteiger partial charge in [-0.15, -0.1) is 11.6 Å². The quantitative estimate of drug-likeness (QED) is 0.509. The summed E-state index contributed by atoms with van der Waals surface area (Å²) in [5.41, 5.74) is -0.190. The molecule has 0 heterocycles. The minimum absolute atomic E-state index is 0.0492. The van der Waals surface area contributed by atoms with E-state index in [2.05, 4.69) is 26.0 Å². The summed E-state index contributed by atoms with van der Waals surface area (Å²) < 4.78 is 5.84. The Labute approximate surface area is 177 Å². The van der Waals surface area contributed by atoms with Crippen LogP contribution in [0.2, 0.25) is 0 Å². The Hall–Kier alpha value is -1.42. The van der Waals surface area contributed by atoms with E-state index in [0.29, 0.717) is 30.0 Å². The number of esters is 1. The van der Waals surface area contributed by atoms with Crippen LogP contribution in [0.25, 0.3) is 0 Å². The van der Waals surface area contributed by atoms with Crippen LogP contribution in [0.3, 0.4) is 0 Å². The molecular formula is C24H29ClO4. The molecule has 5 aliphatic carbocycles. The molecule has 0 amide bonds. The molecule has 0 aliphatic heterocycles. The van der Waals surface area contributed by atoms with Crippen LogP contribution in [-0.4, -0.2) is 29.0 Å². The van der Waals surface area contributed by atoms with Gasteiger partial charge >= 0.3 is 5.97 Å². The van der Waals surface area contributed by atoms with E-state index in [4.69, 9.17) is 16.3 Å². The molecule has 3 saturated carbocycles. The summed E-state index contributed by atoms with van der Waals surface area (Å²) in [6, 6.07) is 0. The molecule has 5 aliphatic rings. The first kappa shape index (κ1) is 19.5. The lowest BCUT2D eigenvalue weighted by molar-refractivity contribution is -0.185. The zero-order valence-electron chi connectivity index (χ0n) is 17.4. The standard InChI is InChI=1S/C24H29ClO4/c1-13(26)24(29-21(28)12-25)9-7-17-15-5-4-14-10-20(27)16-11-19(16)23(14,3)18(15)6-8-22(17,24)2/h4-5,10,15-19H,6-9,11-12H2,1-3H3/t15-,16+,17-,18-,19-,22-,23-,24-/m0/s1. The van der Waals surface area contributed by atoms with Gasteiger partial charge in [0.1, 0.15) is 5.88 Å². The van der Waals surface area contributed by atoms with Gasteiger partial charge in [0.25, 0.3) is 0 Å². The van der Waals surface area contributed by atoms with Crippen molar-refractivity contribution in [3.63, 3.8) is 0 Å². The van der Waals surface area contributed by atoms with Crippen molar-refractivity contribution >= 4 is 29.1 Å². The van der Waals surface area contributed by atoms with E-state index in [1.165, 1.54) is 5.57 Å². The van der Waals surface area contributed by atoms with Gasteiger partial charge in [0, 0.05) is 11.3 Å². The Balaban J connectivity index is 1.54. The number of carbonyl (C=O) groups is 3. The maximum absolute atomic E-state index is 12.8. The van der Waals surface area contributed by atoms with Crippen molar-refractivity contribution in [1.82, 2.24) is 0 Å². The third kappa shape index (κ3) is 2.30. The molecule has 156 valence electrons. The molecule has 0 aromatic heterocycles. The molecule has 5 rings (SSSR count). The molecule has 8 atom stereocenters. The van der Waals surface area contributed by atoms with E-state index in [0.717, 1.165) is 25.7 Å². The van der Waals surface area contributed by atoms with E-state index >= 15 is 0 Å². The van der Waals surface area contributed by atoms with Crippen molar-refractivity contribution in [2.75, 3.05) is 5.88 Å². The summed E-state index contributed by atoms with van der Waals surface area (Å²) in [7, 11) is 0. The largest absolute Gasteiger partial charge is 0.450 e. The van der Waals surface area contributed by atoms with Crippen molar-refractivity contribution in [2.24, 2.45) is 40.4 Å². The van der Waals surface area contributed by atoms with Crippen LogP contribution in [0.1, 0.15) is 52.9 Å². The Morgan fingerprint density at radius 1 is 1.17 bits per heavy atom. The molecule has 0 unspecified atom stereocenters. The summed E-state index contributed by atoms with van der Waals surface area (Å²) >= 11 is 5.72. The van der Waals surface area contributed by atoms with Crippen molar-refractivity contribution in [2.45, 2.75) is 58.5 Å². The van der Waals surface area contributed by atoms with Gasteiger partial charge in [-0.25, -0.2) is 0 Å². The predicted octanol–water partition coefficient (Wildman–Crippen LogP) is 4.26. The molecule has 3 fully saturated rings. The fourth-order valence-electron chi connectivity index (χ4n) is 7.94. The fraction of sp³-hybridized carbons (Fsp3) is 0.708. The van der Waals surface area contributed by atoms with Gasteiger partial charge in [-0.1, -0.05) is 26.0 Å². The maximum atomic E-state index is 12.8. The van der Waals surface area contributed by atoms with Gasteiger partial charge in [0.15, 0.2) is 17.2 Å². The van der Waals surface area contributed by atoms with E-state index in [1.54, 1.807) is 6.92 Å². The van der Waals surface area contributed by atoms with Crippen molar-refractivity contribution in [1.29, 1.82) is 0 Å². The number of Topliss-reactive ketones (excluding diaryl/α,β-unsaturated/α-hetero) is 1. The number of carbonyl (C=O) groups excluding carboxylic acids is 3. The first-order valence-electron chi connectivity index (χ1n) is 10.9. The normalized spacial score (nSPS) is 49.3. The Bertz CT molecular complexity index is 874. The Morgan fingerprint density at radius 2 is 1.90 bits per heavy atom. The van der Waals surface area contributed by atoms with Gasteiger partial charge in [-0.3, -0.25) is 14.4 Å². The Morgan fingerprint density at radius 3 is 2.59 bits per heavy atom. The van der Waals surface area contributed by atoms with Crippen LogP contribution < -0.4 is 0 Å². The number of hydrogen-bond acceptors (Lipinski definition) is 4. The summed E-state index contributed by atoms with van der Waals surface area (Å²) in [5, 5.41) is 0. The summed E-state index contributed by atoms with van der Waals surface area (Å²) in [5.74, 6) is 1.30. The number of ketones is 2. The minimum Gasteiger partial charge on any atom is -0.450 e. The molecule has 5 heteroatoms. The highest BCUT2D eigenvalue weighted by molar-refractivity contribution is 6.26. The lowest BCUT2D eigenvalue weighted by atomic mass is 9.47. The maximum Gasteiger partial charge on any atom is 0.321 e. The van der Waals surface area contributed by atoms with Gasteiger partial charge in [-0.05, 0) is 79.8 Å². The first-order chi connectivity index (χ1) is 13.7. The highest BCUT2D eigenvalue weighted by Crippen LogP contribution is 2.71. The minimum atomic E-state index is -1.07. The predicted molar refractivity (Wildman–Crippen MR) is 109 cm³/mol. The lowest BCUT2D eigenvalue weighted by Gasteiger charge is -2.57. The number of alkyl halides is 1. The van der Waals surface area contributed by atoms with Gasteiger partial charge < -0.3 is 4.74 Å². The molecule has 29 heavy (non-hydrogen) atoms. The number of hydrogen-bond donors (Lipinski definition) is 0. The topological polar surface area (TPSA) is 60.4 Å². The summed E-state index contributed by atoms with van der Waals surface area (Å²) in [6.07, 6.45) is 10.7. The van der Waals surface area contributed by atoms with E-state index in [9.17, 15) is 14.4 Å². The van der Waals surface area contributed by atoms with Gasteiger partial charge in [0.05, 0.1) is 0 Å². The molecule has 4 nitrogen and oxygen atoms in total. The molecule has 0 spiro atoms. The lowest BCUT2D eigenvalue weighted by Crippen LogP contribution is -2.58. The van der Waals surface area contributed by atoms with Gasteiger partial charge in [-0.2, -0.15) is 0 Å². The van der Waals surface area contributed by atoms with Crippen LogP contribution >= 0.6 is 11.6 Å². The molecule has 0 N–H and O–H groups in total. The second-order valence-electron chi connectivity index (χ2n) is 10.4. The highest BCUT2D eigenvalue weighted by Gasteiger charge is 2.69. The van der Waals surface area contributed by atoms with Gasteiger partial charge in [0.2, 0.25) is 0 Å². The average Bonchev–Trinajstić information content (AvgIpc) is 3.44. The third-order valence-corrected chi connectivity index (χ3v) is 9.75. The summed E-state index contributed by atoms with van der Waals surface area (Å²) in [4.78, 5) is 37.3. The zero-order chi connectivity index (χ0) is 20.8. The first-order valence-corrected chi connectivity index (χ1v) is 11.5. The zero-order valence-corrected chi connectivity index (χ0v) is 18.1. The van der Waals surface area contributed by atoms with Crippen molar-refractivity contribution in [3.05, 3.63) is 23.8 Å². The molecule has 0 aromatic carbocycles. The third-order valence-electron chi connectivity index (χ3n) is 9.53. The molecule has 0 aromatic rings. The Kier molecular flexibility index (Phi) is 4.08.